The third-order valence-electron chi connectivity index (χ3n) is 4.86. The molecule has 1 heterocycles. The predicted molar refractivity (Wildman–Crippen MR) is 148 cm³/mol. The quantitative estimate of drug-likeness (QED) is 0.195. The van der Waals surface area contributed by atoms with Gasteiger partial charge in [0.1, 0.15) is 5.82 Å². The summed E-state index contributed by atoms with van der Waals surface area (Å²) in [5, 5.41) is 7.13. The average molecular weight is 455 g/mol. The Labute approximate surface area is 202 Å². The van der Waals surface area contributed by atoms with Crippen molar-refractivity contribution < 1.29 is 4.79 Å². The largest absolute Gasteiger partial charge is 0.397 e. The highest BCUT2D eigenvalue weighted by molar-refractivity contribution is 6.03. The van der Waals surface area contributed by atoms with Crippen molar-refractivity contribution in [2.75, 3.05) is 22.9 Å². The van der Waals surface area contributed by atoms with Crippen LogP contribution in [0, 0.1) is 0 Å². The van der Waals surface area contributed by atoms with Gasteiger partial charge in [-0.15, -0.1) is 0 Å². The molecule has 3 aromatic rings. The normalized spacial score (nSPS) is 11.6. The maximum Gasteiger partial charge on any atom is 0.248 e. The zero-order valence-electron chi connectivity index (χ0n) is 20.4. The van der Waals surface area contributed by atoms with E-state index < -0.39 is 0 Å². The monoisotopic (exact) mass is 454 g/mol. The van der Waals surface area contributed by atoms with E-state index in [1.54, 1.807) is 18.2 Å². The zero-order chi connectivity index (χ0) is 24.9. The van der Waals surface area contributed by atoms with Gasteiger partial charge < -0.3 is 16.4 Å². The van der Waals surface area contributed by atoms with E-state index in [2.05, 4.69) is 35.2 Å². The van der Waals surface area contributed by atoms with E-state index in [0.717, 1.165) is 27.9 Å². The lowest BCUT2D eigenvalue weighted by Crippen LogP contribution is -2.09. The number of rotatable bonds is 8. The first-order valence-corrected chi connectivity index (χ1v) is 11.4. The molecule has 2 aromatic carbocycles. The molecule has 0 unspecified atom stereocenters. The van der Waals surface area contributed by atoms with E-state index in [1.165, 1.54) is 11.6 Å². The zero-order valence-corrected chi connectivity index (χ0v) is 20.4. The number of allylic oxidation sites excluding steroid dienone is 4. The molecule has 1 amide bonds. The molecule has 4 N–H and O–H groups in total. The summed E-state index contributed by atoms with van der Waals surface area (Å²) < 4.78 is 0. The Morgan fingerprint density at radius 1 is 1.06 bits per heavy atom. The fourth-order valence-electron chi connectivity index (χ4n) is 2.93. The maximum atomic E-state index is 12.2. The van der Waals surface area contributed by atoms with Crippen LogP contribution in [0.1, 0.15) is 33.3 Å². The second-order valence-electron chi connectivity index (χ2n) is 7.54. The number of anilines is 3. The Morgan fingerprint density at radius 2 is 1.82 bits per heavy atom. The maximum absolute atomic E-state index is 12.2. The van der Waals surface area contributed by atoms with Gasteiger partial charge in [-0.1, -0.05) is 68.0 Å². The molecule has 0 bridgehead atoms. The number of amides is 1. The van der Waals surface area contributed by atoms with Crippen molar-refractivity contribution in [3.63, 3.8) is 0 Å². The third-order valence-corrected chi connectivity index (χ3v) is 4.86. The number of aromatic nitrogens is 1. The smallest absolute Gasteiger partial charge is 0.248 e. The summed E-state index contributed by atoms with van der Waals surface area (Å²) in [6.45, 7) is 12.6. The number of hydrogen-bond donors (Lipinski definition) is 3. The van der Waals surface area contributed by atoms with E-state index in [9.17, 15) is 4.79 Å². The molecule has 0 aliphatic carbocycles. The molecular formula is C29H34N4O. The number of nitrogens with two attached hydrogens (primary N) is 1. The standard InChI is InChI=1S/C27H28N4O.C2H6/c1-4-19(2)9-10-20(3)18-29-26-15-13-22-17-21(11-14-24(22)30-26)12-16-27(32)31-25-8-6-5-7-23(25)28;1-2/h4-17H,1,18,28H2,2-3H3,(H,29,30)(H,31,32);1-2H3/b16-12+,19-9-,20-10+;. The summed E-state index contributed by atoms with van der Waals surface area (Å²) >= 11 is 0. The van der Waals surface area contributed by atoms with E-state index in [-0.39, 0.29) is 5.91 Å². The van der Waals surface area contributed by atoms with Crippen LogP contribution in [0.2, 0.25) is 0 Å². The molecular weight excluding hydrogens is 420 g/mol. The lowest BCUT2D eigenvalue weighted by atomic mass is 10.1. The number of benzene rings is 2. The van der Waals surface area contributed by atoms with Crippen LogP contribution >= 0.6 is 0 Å². The first-order valence-electron chi connectivity index (χ1n) is 11.4. The summed E-state index contributed by atoms with van der Waals surface area (Å²) in [4.78, 5) is 16.9. The van der Waals surface area contributed by atoms with Gasteiger partial charge in [-0.25, -0.2) is 4.98 Å². The van der Waals surface area contributed by atoms with Crippen molar-refractivity contribution in [3.05, 3.63) is 102 Å². The van der Waals surface area contributed by atoms with Crippen molar-refractivity contribution >= 4 is 40.1 Å². The second-order valence-corrected chi connectivity index (χ2v) is 7.54. The van der Waals surface area contributed by atoms with Gasteiger partial charge in [-0.3, -0.25) is 4.79 Å². The molecule has 0 saturated carbocycles. The molecule has 34 heavy (non-hydrogen) atoms. The van der Waals surface area contributed by atoms with Crippen molar-refractivity contribution in [2.45, 2.75) is 27.7 Å². The van der Waals surface area contributed by atoms with Gasteiger partial charge >= 0.3 is 0 Å². The topological polar surface area (TPSA) is 80.0 Å². The molecule has 0 spiro atoms. The van der Waals surface area contributed by atoms with Crippen molar-refractivity contribution in [3.8, 4) is 0 Å². The van der Waals surface area contributed by atoms with Gasteiger partial charge in [0, 0.05) is 18.0 Å². The van der Waals surface area contributed by atoms with Gasteiger partial charge in [0.05, 0.1) is 16.9 Å². The van der Waals surface area contributed by atoms with E-state index >= 15 is 0 Å². The third kappa shape index (κ3) is 8.10. The summed E-state index contributed by atoms with van der Waals surface area (Å²) in [6.07, 6.45) is 9.21. The molecule has 0 aliphatic heterocycles. The molecule has 176 valence electrons. The minimum atomic E-state index is -0.234. The van der Waals surface area contributed by atoms with Crippen LogP contribution in [0.25, 0.3) is 17.0 Å². The number of fused-ring (bicyclic) bond motifs is 1. The number of carbonyl (C=O) groups excluding carboxylic acids is 1. The summed E-state index contributed by atoms with van der Waals surface area (Å²) in [6, 6.07) is 17.0. The van der Waals surface area contributed by atoms with Crippen molar-refractivity contribution in [2.24, 2.45) is 0 Å². The van der Waals surface area contributed by atoms with Gasteiger partial charge in [0.2, 0.25) is 5.91 Å². The highest BCUT2D eigenvalue weighted by atomic mass is 16.1. The van der Waals surface area contributed by atoms with Crippen molar-refractivity contribution in [1.82, 2.24) is 4.98 Å². The Hall–Kier alpha value is -4.12. The minimum Gasteiger partial charge on any atom is -0.397 e. The van der Waals surface area contributed by atoms with Crippen LogP contribution < -0.4 is 16.4 Å². The Balaban J connectivity index is 0.00000199. The Morgan fingerprint density at radius 3 is 2.56 bits per heavy atom. The number of pyridine rings is 1. The fraction of sp³-hybridized carbons (Fsp3) is 0.172. The molecule has 0 aliphatic rings. The SMILES string of the molecule is C=C/C(C)=C\C=C(/C)CNc1ccc2cc(/C=C/C(=O)Nc3ccccc3N)ccc2n1.CC. The van der Waals surface area contributed by atoms with Crippen LogP contribution in [-0.4, -0.2) is 17.4 Å². The first-order chi connectivity index (χ1) is 16.4. The molecule has 0 radical (unpaired) electrons. The Bertz CT molecular complexity index is 1220. The molecule has 0 atom stereocenters. The number of carbonyl (C=O) groups is 1. The van der Waals surface area contributed by atoms with E-state index in [1.807, 2.05) is 75.4 Å². The summed E-state index contributed by atoms with van der Waals surface area (Å²) in [7, 11) is 0. The van der Waals surface area contributed by atoms with Crippen LogP contribution in [0.15, 0.2) is 96.6 Å². The Kier molecular flexibility index (Phi) is 10.3. The highest BCUT2D eigenvalue weighted by Crippen LogP contribution is 2.19. The number of nitrogens with zero attached hydrogens (tertiary/aromatic N) is 1. The predicted octanol–water partition coefficient (Wildman–Crippen LogP) is 6.99. The first kappa shape index (κ1) is 26.1. The van der Waals surface area contributed by atoms with Gasteiger partial charge in [-0.05, 0) is 61.9 Å². The van der Waals surface area contributed by atoms with Crippen molar-refractivity contribution in [1.29, 1.82) is 0 Å². The summed E-state index contributed by atoms with van der Waals surface area (Å²) in [5.74, 6) is 0.583. The number of para-hydroxylation sites is 2. The van der Waals surface area contributed by atoms with Crippen LogP contribution in [0.3, 0.4) is 0 Å². The van der Waals surface area contributed by atoms with Gasteiger partial charge in [-0.2, -0.15) is 0 Å². The summed E-state index contributed by atoms with van der Waals surface area (Å²) in [5.41, 5.74) is 11.1. The number of hydrogen-bond acceptors (Lipinski definition) is 4. The van der Waals surface area contributed by atoms with Gasteiger partial charge in [0.15, 0.2) is 0 Å². The van der Waals surface area contributed by atoms with Crippen LogP contribution in [-0.2, 0) is 4.79 Å². The number of nitrogens with one attached hydrogen (secondary N) is 2. The molecule has 0 fully saturated rings. The fourth-order valence-corrected chi connectivity index (χ4v) is 2.93. The lowest BCUT2D eigenvalue weighted by Gasteiger charge is -2.07. The highest BCUT2D eigenvalue weighted by Gasteiger charge is 2.02. The van der Waals surface area contributed by atoms with Crippen LogP contribution in [0.4, 0.5) is 17.2 Å². The van der Waals surface area contributed by atoms with Crippen LogP contribution in [0.5, 0.6) is 0 Å². The second kappa shape index (κ2) is 13.4. The van der Waals surface area contributed by atoms with E-state index in [4.69, 9.17) is 5.73 Å². The molecule has 3 rings (SSSR count). The van der Waals surface area contributed by atoms with E-state index in [0.29, 0.717) is 17.9 Å². The average Bonchev–Trinajstić information content (AvgIpc) is 2.87. The number of nitrogen functional groups attached to an aromatic ring is 1. The molecule has 1 aromatic heterocycles. The molecule has 5 heteroatoms. The molecule has 5 nitrogen and oxygen atoms in total. The van der Waals surface area contributed by atoms with Gasteiger partial charge in [0.25, 0.3) is 0 Å². The molecule has 0 saturated heterocycles. The minimum absolute atomic E-state index is 0.234. The lowest BCUT2D eigenvalue weighted by molar-refractivity contribution is -0.111.